The molecule has 2 heterocycles. The maximum atomic E-state index is 11.5. The molecule has 3 nitrogen and oxygen atoms in total. The Morgan fingerprint density at radius 1 is 1.29 bits per heavy atom. The lowest BCUT2D eigenvalue weighted by Gasteiger charge is -2.30. The zero-order valence-electron chi connectivity index (χ0n) is 12.0. The van der Waals surface area contributed by atoms with Gasteiger partial charge in [-0.25, -0.2) is 4.79 Å². The summed E-state index contributed by atoms with van der Waals surface area (Å²) < 4.78 is 4.73. The van der Waals surface area contributed by atoms with Crippen molar-refractivity contribution in [1.82, 2.24) is 5.32 Å². The van der Waals surface area contributed by atoms with E-state index < -0.39 is 0 Å². The summed E-state index contributed by atoms with van der Waals surface area (Å²) in [5.41, 5.74) is 1.84. The third-order valence-electron chi connectivity index (χ3n) is 4.08. The molecule has 1 aliphatic heterocycles. The van der Waals surface area contributed by atoms with Crippen LogP contribution in [0.5, 0.6) is 0 Å². The maximum absolute atomic E-state index is 11.5. The van der Waals surface area contributed by atoms with Crippen LogP contribution >= 0.6 is 11.3 Å². The fourth-order valence-electron chi connectivity index (χ4n) is 2.92. The van der Waals surface area contributed by atoms with Crippen molar-refractivity contribution in [2.75, 3.05) is 13.7 Å². The lowest BCUT2D eigenvalue weighted by molar-refractivity contribution is 0.0600. The minimum absolute atomic E-state index is 0.283. The molecule has 0 spiro atoms. The van der Waals surface area contributed by atoms with E-state index in [1.807, 2.05) is 35.6 Å². The first kappa shape index (κ1) is 14.3. The molecule has 0 saturated carbocycles. The summed E-state index contributed by atoms with van der Waals surface area (Å²) in [7, 11) is 1.41. The Bertz CT molecular complexity index is 592. The van der Waals surface area contributed by atoms with Crippen LogP contribution in [0.25, 0.3) is 0 Å². The van der Waals surface area contributed by atoms with Gasteiger partial charge in [0.05, 0.1) is 12.7 Å². The second-order valence-electron chi connectivity index (χ2n) is 5.36. The highest BCUT2D eigenvalue weighted by Crippen LogP contribution is 2.36. The Kier molecular flexibility index (Phi) is 4.36. The first-order chi connectivity index (χ1) is 10.3. The summed E-state index contributed by atoms with van der Waals surface area (Å²) in [5, 5.41) is 5.73. The standard InChI is InChI=1S/C17H19NO2S/c1-20-17(19)13-6-4-12(5-7-13)15-11-14(8-9-18-15)16-3-2-10-21-16/h2-7,10,14-15,18H,8-9,11H2,1H3/t14?,15-/m0/s1. The SMILES string of the molecule is COC(=O)c1ccc([C@@H]2CC(c3cccs3)CCN2)cc1. The Morgan fingerprint density at radius 2 is 2.10 bits per heavy atom. The predicted octanol–water partition coefficient (Wildman–Crippen LogP) is 3.74. The third kappa shape index (κ3) is 3.17. The van der Waals surface area contributed by atoms with E-state index in [-0.39, 0.29) is 5.97 Å². The zero-order chi connectivity index (χ0) is 14.7. The summed E-state index contributed by atoms with van der Waals surface area (Å²) in [6, 6.07) is 12.5. The third-order valence-corrected chi connectivity index (χ3v) is 5.12. The van der Waals surface area contributed by atoms with E-state index in [2.05, 4.69) is 22.8 Å². The number of hydrogen-bond donors (Lipinski definition) is 1. The van der Waals surface area contributed by atoms with E-state index in [9.17, 15) is 4.79 Å². The van der Waals surface area contributed by atoms with Crippen LogP contribution in [0.4, 0.5) is 0 Å². The summed E-state index contributed by atoms with van der Waals surface area (Å²) in [4.78, 5) is 13.0. The number of nitrogens with one attached hydrogen (secondary N) is 1. The van der Waals surface area contributed by atoms with Gasteiger partial charge in [-0.1, -0.05) is 18.2 Å². The second kappa shape index (κ2) is 6.41. The van der Waals surface area contributed by atoms with Crippen LogP contribution in [0.3, 0.4) is 0 Å². The Balaban J connectivity index is 1.73. The molecule has 2 atom stereocenters. The van der Waals surface area contributed by atoms with Crippen LogP contribution in [0.15, 0.2) is 41.8 Å². The Morgan fingerprint density at radius 3 is 2.76 bits per heavy atom. The smallest absolute Gasteiger partial charge is 0.337 e. The fraction of sp³-hybridized carbons (Fsp3) is 0.353. The lowest BCUT2D eigenvalue weighted by atomic mass is 9.87. The molecule has 1 fully saturated rings. The van der Waals surface area contributed by atoms with Gasteiger partial charge in [-0.3, -0.25) is 0 Å². The molecule has 4 heteroatoms. The zero-order valence-corrected chi connectivity index (χ0v) is 12.9. The number of carbonyl (C=O) groups excluding carboxylic acids is 1. The molecule has 1 saturated heterocycles. The molecule has 0 bridgehead atoms. The molecule has 0 radical (unpaired) electrons. The van der Waals surface area contributed by atoms with Gasteiger partial charge in [-0.15, -0.1) is 11.3 Å². The number of ether oxygens (including phenoxy) is 1. The number of esters is 1. The molecule has 1 N–H and O–H groups in total. The predicted molar refractivity (Wildman–Crippen MR) is 84.8 cm³/mol. The molecule has 1 aliphatic rings. The number of carbonyl (C=O) groups is 1. The number of thiophene rings is 1. The molecular weight excluding hydrogens is 282 g/mol. The summed E-state index contributed by atoms with van der Waals surface area (Å²) >= 11 is 1.85. The first-order valence-electron chi connectivity index (χ1n) is 7.23. The van der Waals surface area contributed by atoms with Crippen LogP contribution in [0.2, 0.25) is 0 Å². The first-order valence-corrected chi connectivity index (χ1v) is 8.11. The van der Waals surface area contributed by atoms with Gasteiger partial charge in [0.1, 0.15) is 0 Å². The van der Waals surface area contributed by atoms with Crippen LogP contribution in [0.1, 0.15) is 45.6 Å². The minimum atomic E-state index is -0.283. The monoisotopic (exact) mass is 301 g/mol. The van der Waals surface area contributed by atoms with Crippen LogP contribution in [0, 0.1) is 0 Å². The van der Waals surface area contributed by atoms with E-state index in [1.165, 1.54) is 24.0 Å². The van der Waals surface area contributed by atoms with Crippen LogP contribution < -0.4 is 5.32 Å². The summed E-state index contributed by atoms with van der Waals surface area (Å²) in [5.74, 6) is 0.353. The summed E-state index contributed by atoms with van der Waals surface area (Å²) in [6.45, 7) is 1.03. The van der Waals surface area contributed by atoms with Gasteiger partial charge in [0.25, 0.3) is 0 Å². The average Bonchev–Trinajstić information content (AvgIpc) is 3.09. The van der Waals surface area contributed by atoms with Crippen molar-refractivity contribution in [3.05, 3.63) is 57.8 Å². The Labute approximate surface area is 129 Å². The number of hydrogen-bond acceptors (Lipinski definition) is 4. The van der Waals surface area contributed by atoms with Gasteiger partial charge in [-0.05, 0) is 54.4 Å². The summed E-state index contributed by atoms with van der Waals surface area (Å²) in [6.07, 6.45) is 2.30. The number of piperidine rings is 1. The van der Waals surface area contributed by atoms with Crippen LogP contribution in [-0.4, -0.2) is 19.6 Å². The van der Waals surface area contributed by atoms with E-state index in [0.29, 0.717) is 17.5 Å². The minimum Gasteiger partial charge on any atom is -0.465 e. The molecule has 110 valence electrons. The molecule has 1 unspecified atom stereocenters. The van der Waals surface area contributed by atoms with Crippen LogP contribution in [-0.2, 0) is 4.74 Å². The average molecular weight is 301 g/mol. The van der Waals surface area contributed by atoms with Crippen molar-refractivity contribution in [2.24, 2.45) is 0 Å². The highest BCUT2D eigenvalue weighted by Gasteiger charge is 2.24. The van der Waals surface area contributed by atoms with Crippen molar-refractivity contribution in [2.45, 2.75) is 24.8 Å². The van der Waals surface area contributed by atoms with E-state index in [1.54, 1.807) is 0 Å². The fourth-order valence-corrected chi connectivity index (χ4v) is 3.80. The quantitative estimate of drug-likeness (QED) is 0.878. The normalized spacial score (nSPS) is 22.0. The number of benzene rings is 1. The maximum Gasteiger partial charge on any atom is 0.337 e. The van der Waals surface area contributed by atoms with Crippen molar-refractivity contribution in [3.8, 4) is 0 Å². The number of rotatable bonds is 3. The van der Waals surface area contributed by atoms with Gasteiger partial charge in [-0.2, -0.15) is 0 Å². The molecule has 2 aromatic rings. The van der Waals surface area contributed by atoms with Gasteiger partial charge < -0.3 is 10.1 Å². The van der Waals surface area contributed by atoms with E-state index in [4.69, 9.17) is 4.74 Å². The molecule has 0 amide bonds. The molecule has 3 rings (SSSR count). The van der Waals surface area contributed by atoms with Gasteiger partial charge in [0.15, 0.2) is 0 Å². The van der Waals surface area contributed by atoms with Gasteiger partial charge >= 0.3 is 5.97 Å². The van der Waals surface area contributed by atoms with Crippen molar-refractivity contribution in [3.63, 3.8) is 0 Å². The highest BCUT2D eigenvalue weighted by molar-refractivity contribution is 7.10. The van der Waals surface area contributed by atoms with Crippen molar-refractivity contribution < 1.29 is 9.53 Å². The molecule has 21 heavy (non-hydrogen) atoms. The van der Waals surface area contributed by atoms with Gasteiger partial charge in [0, 0.05) is 10.9 Å². The second-order valence-corrected chi connectivity index (χ2v) is 6.34. The molecule has 1 aromatic carbocycles. The lowest BCUT2D eigenvalue weighted by Crippen LogP contribution is -2.30. The Hall–Kier alpha value is -1.65. The molecule has 1 aromatic heterocycles. The molecule has 0 aliphatic carbocycles. The number of methoxy groups -OCH3 is 1. The molecular formula is C17H19NO2S. The largest absolute Gasteiger partial charge is 0.465 e. The highest BCUT2D eigenvalue weighted by atomic mass is 32.1. The van der Waals surface area contributed by atoms with Crippen molar-refractivity contribution >= 4 is 17.3 Å². The van der Waals surface area contributed by atoms with E-state index >= 15 is 0 Å². The topological polar surface area (TPSA) is 38.3 Å². The van der Waals surface area contributed by atoms with Gasteiger partial charge in [0.2, 0.25) is 0 Å². The van der Waals surface area contributed by atoms with Crippen molar-refractivity contribution in [1.29, 1.82) is 0 Å². The van der Waals surface area contributed by atoms with E-state index in [0.717, 1.165) is 13.0 Å².